The molecule has 0 fully saturated rings. The minimum atomic E-state index is 0.610. The van der Waals surface area contributed by atoms with Crippen LogP contribution in [0.15, 0.2) is 36.5 Å². The van der Waals surface area contributed by atoms with Gasteiger partial charge in [-0.1, -0.05) is 29.3 Å². The van der Waals surface area contributed by atoms with Crippen molar-refractivity contribution in [3.8, 4) is 5.75 Å². The summed E-state index contributed by atoms with van der Waals surface area (Å²) in [4.78, 5) is 6.50. The number of benzene rings is 1. The molecule has 0 atom stereocenters. The quantitative estimate of drug-likeness (QED) is 0.664. The zero-order valence-corrected chi connectivity index (χ0v) is 14.8. The van der Waals surface area contributed by atoms with E-state index in [-0.39, 0.29) is 0 Å². The van der Waals surface area contributed by atoms with Gasteiger partial charge in [0.1, 0.15) is 11.4 Å². The van der Waals surface area contributed by atoms with Crippen LogP contribution in [0, 0.1) is 0 Å². The largest absolute Gasteiger partial charge is 0.491 e. The number of ether oxygens (including phenoxy) is 1. The van der Waals surface area contributed by atoms with Crippen LogP contribution in [-0.2, 0) is 0 Å². The predicted octanol–water partition coefficient (Wildman–Crippen LogP) is 4.89. The van der Waals surface area contributed by atoms with Crippen molar-refractivity contribution in [2.24, 2.45) is 0 Å². The minimum Gasteiger partial charge on any atom is -0.491 e. The van der Waals surface area contributed by atoms with Crippen molar-refractivity contribution < 1.29 is 4.74 Å². The molecule has 0 N–H and O–H groups in total. The van der Waals surface area contributed by atoms with Crippen molar-refractivity contribution in [2.75, 3.05) is 27.2 Å². The molecule has 0 bridgehead atoms. The highest BCUT2D eigenvalue weighted by Crippen LogP contribution is 2.22. The van der Waals surface area contributed by atoms with Crippen LogP contribution in [0.3, 0.4) is 0 Å². The van der Waals surface area contributed by atoms with E-state index in [4.69, 9.17) is 27.9 Å². The summed E-state index contributed by atoms with van der Waals surface area (Å²) in [7, 11) is 4.10. The molecule has 0 unspecified atom stereocenters. The highest BCUT2D eigenvalue weighted by molar-refractivity contribution is 6.34. The maximum atomic E-state index is 6.01. The molecule has 122 valence electrons. The third-order valence-corrected chi connectivity index (χ3v) is 3.56. The van der Waals surface area contributed by atoms with Gasteiger partial charge in [-0.25, -0.2) is 0 Å². The Kier molecular flexibility index (Phi) is 6.90. The number of hydrogen-bond acceptors (Lipinski definition) is 3. The summed E-state index contributed by atoms with van der Waals surface area (Å²) >= 11 is 12.0. The molecule has 5 heteroatoms. The number of hydrogen-bond donors (Lipinski definition) is 0. The standard InChI is InChI=1S/C18H20Cl2N2O/c1-22(2)9-4-10-23-18-5-3-8-21-17(18)7-6-14-11-15(19)13-16(20)12-14/h3,5-8,11-13H,4,9-10H2,1-2H3/b7-6+. The summed E-state index contributed by atoms with van der Waals surface area (Å²) < 4.78 is 5.83. The molecular weight excluding hydrogens is 331 g/mol. The Labute approximate surface area is 147 Å². The van der Waals surface area contributed by atoms with Gasteiger partial charge in [-0.2, -0.15) is 0 Å². The van der Waals surface area contributed by atoms with Gasteiger partial charge in [-0.15, -0.1) is 0 Å². The van der Waals surface area contributed by atoms with Crippen LogP contribution in [-0.4, -0.2) is 37.1 Å². The molecule has 1 aromatic carbocycles. The molecule has 3 nitrogen and oxygen atoms in total. The molecule has 0 spiro atoms. The lowest BCUT2D eigenvalue weighted by Crippen LogP contribution is -2.15. The Morgan fingerprint density at radius 2 is 1.87 bits per heavy atom. The molecule has 1 heterocycles. The van der Waals surface area contributed by atoms with Gasteiger partial charge in [0.05, 0.1) is 6.61 Å². The normalized spacial score (nSPS) is 11.3. The van der Waals surface area contributed by atoms with Crippen molar-refractivity contribution in [2.45, 2.75) is 6.42 Å². The van der Waals surface area contributed by atoms with Crippen LogP contribution in [0.25, 0.3) is 12.2 Å². The first-order valence-electron chi connectivity index (χ1n) is 7.41. The first-order valence-corrected chi connectivity index (χ1v) is 8.17. The van der Waals surface area contributed by atoms with E-state index in [2.05, 4.69) is 9.88 Å². The second kappa shape index (κ2) is 8.92. The smallest absolute Gasteiger partial charge is 0.144 e. The Hall–Kier alpha value is -1.55. The van der Waals surface area contributed by atoms with Gasteiger partial charge in [-0.3, -0.25) is 4.98 Å². The highest BCUT2D eigenvalue weighted by Gasteiger charge is 2.02. The van der Waals surface area contributed by atoms with Crippen molar-refractivity contribution in [3.05, 3.63) is 57.8 Å². The first kappa shape index (κ1) is 17.8. The number of aromatic nitrogens is 1. The van der Waals surface area contributed by atoms with Gasteiger partial charge in [0.15, 0.2) is 0 Å². The van der Waals surface area contributed by atoms with Crippen LogP contribution in [0.1, 0.15) is 17.7 Å². The second-order valence-corrected chi connectivity index (χ2v) is 6.30. The summed E-state index contributed by atoms with van der Waals surface area (Å²) in [5.74, 6) is 0.774. The molecule has 0 saturated carbocycles. The lowest BCUT2D eigenvalue weighted by Gasteiger charge is -2.11. The van der Waals surface area contributed by atoms with E-state index in [1.54, 1.807) is 12.3 Å². The van der Waals surface area contributed by atoms with Gasteiger partial charge >= 0.3 is 0 Å². The van der Waals surface area contributed by atoms with Gasteiger partial charge in [0, 0.05) is 22.8 Å². The fourth-order valence-electron chi connectivity index (χ4n) is 2.06. The van der Waals surface area contributed by atoms with Crippen LogP contribution in [0.5, 0.6) is 5.75 Å². The highest BCUT2D eigenvalue weighted by atomic mass is 35.5. The van der Waals surface area contributed by atoms with E-state index in [1.165, 1.54) is 0 Å². The summed E-state index contributed by atoms with van der Waals surface area (Å²) in [6.45, 7) is 1.65. The van der Waals surface area contributed by atoms with Gasteiger partial charge < -0.3 is 9.64 Å². The minimum absolute atomic E-state index is 0.610. The van der Waals surface area contributed by atoms with Gasteiger partial charge in [-0.05, 0) is 62.5 Å². The number of halogens is 2. The molecule has 0 aliphatic rings. The van der Waals surface area contributed by atoms with Crippen molar-refractivity contribution in [3.63, 3.8) is 0 Å². The van der Waals surface area contributed by atoms with Crippen molar-refractivity contribution in [1.82, 2.24) is 9.88 Å². The second-order valence-electron chi connectivity index (χ2n) is 5.43. The zero-order valence-electron chi connectivity index (χ0n) is 13.3. The van der Waals surface area contributed by atoms with Crippen LogP contribution in [0.2, 0.25) is 10.0 Å². The third-order valence-electron chi connectivity index (χ3n) is 3.13. The van der Waals surface area contributed by atoms with E-state index in [0.717, 1.165) is 30.0 Å². The summed E-state index contributed by atoms with van der Waals surface area (Å²) in [6.07, 6.45) is 6.54. The van der Waals surface area contributed by atoms with Crippen LogP contribution in [0.4, 0.5) is 0 Å². The van der Waals surface area contributed by atoms with Crippen molar-refractivity contribution >= 4 is 35.4 Å². The van der Waals surface area contributed by atoms with Crippen molar-refractivity contribution in [1.29, 1.82) is 0 Å². The molecule has 0 saturated heterocycles. The van der Waals surface area contributed by atoms with E-state index < -0.39 is 0 Å². The Morgan fingerprint density at radius 3 is 2.57 bits per heavy atom. The molecule has 2 aromatic rings. The average Bonchev–Trinajstić information content (AvgIpc) is 2.49. The molecule has 0 amide bonds. The molecular formula is C18H20Cl2N2O. The Morgan fingerprint density at radius 1 is 1.13 bits per heavy atom. The average molecular weight is 351 g/mol. The monoisotopic (exact) mass is 350 g/mol. The molecule has 0 radical (unpaired) electrons. The number of pyridine rings is 1. The Bertz CT molecular complexity index is 652. The fourth-order valence-corrected chi connectivity index (χ4v) is 2.60. The summed E-state index contributed by atoms with van der Waals surface area (Å²) in [5, 5.41) is 1.22. The van der Waals surface area contributed by atoms with E-state index in [9.17, 15) is 0 Å². The van der Waals surface area contributed by atoms with E-state index >= 15 is 0 Å². The van der Waals surface area contributed by atoms with Gasteiger partial charge in [0.2, 0.25) is 0 Å². The fraction of sp³-hybridized carbons (Fsp3) is 0.278. The molecule has 1 aromatic heterocycles. The predicted molar refractivity (Wildman–Crippen MR) is 98.3 cm³/mol. The van der Waals surface area contributed by atoms with Gasteiger partial charge in [0.25, 0.3) is 0 Å². The maximum Gasteiger partial charge on any atom is 0.144 e. The summed E-state index contributed by atoms with van der Waals surface area (Å²) in [5.41, 5.74) is 1.71. The van der Waals surface area contributed by atoms with Crippen LogP contribution >= 0.6 is 23.2 Å². The van der Waals surface area contributed by atoms with E-state index in [0.29, 0.717) is 16.7 Å². The third kappa shape index (κ3) is 6.22. The topological polar surface area (TPSA) is 25.4 Å². The van der Waals surface area contributed by atoms with Crippen LogP contribution < -0.4 is 4.74 Å². The zero-order chi connectivity index (χ0) is 16.7. The SMILES string of the molecule is CN(C)CCCOc1cccnc1/C=C/c1cc(Cl)cc(Cl)c1. The maximum absolute atomic E-state index is 6.01. The molecule has 0 aliphatic carbocycles. The first-order chi connectivity index (χ1) is 11.0. The number of rotatable bonds is 7. The number of nitrogens with zero attached hydrogens (tertiary/aromatic N) is 2. The Balaban J connectivity index is 2.06. The molecule has 0 aliphatic heterocycles. The summed E-state index contributed by atoms with van der Waals surface area (Å²) in [6, 6.07) is 9.21. The van der Waals surface area contributed by atoms with E-state index in [1.807, 2.05) is 50.5 Å². The molecule has 23 heavy (non-hydrogen) atoms. The lowest BCUT2D eigenvalue weighted by atomic mass is 10.2. The lowest BCUT2D eigenvalue weighted by molar-refractivity contribution is 0.280. The molecule has 2 rings (SSSR count).